The molecule has 1 aromatic carbocycles. The molecule has 134 valence electrons. The van der Waals surface area contributed by atoms with Crippen LogP contribution in [0.25, 0.3) is 0 Å². The third kappa shape index (κ3) is 4.07. The van der Waals surface area contributed by atoms with Gasteiger partial charge in [0, 0.05) is 52.5 Å². The van der Waals surface area contributed by atoms with Gasteiger partial charge < -0.3 is 9.80 Å². The lowest BCUT2D eigenvalue weighted by Crippen LogP contribution is -2.48. The van der Waals surface area contributed by atoms with Crippen LogP contribution in [0.2, 0.25) is 0 Å². The van der Waals surface area contributed by atoms with Crippen LogP contribution in [0.4, 0.5) is 16.2 Å². The second-order valence-corrected chi connectivity index (χ2v) is 6.61. The highest BCUT2D eigenvalue weighted by molar-refractivity contribution is 5.43. The Bertz CT molecular complexity index is 680. The highest BCUT2D eigenvalue weighted by Crippen LogP contribution is 2.26. The lowest BCUT2D eigenvalue weighted by molar-refractivity contribution is 0.181. The van der Waals surface area contributed by atoms with Crippen molar-refractivity contribution in [3.8, 4) is 0 Å². The Hall–Kier alpha value is -2.21. The summed E-state index contributed by atoms with van der Waals surface area (Å²) in [4.78, 5) is 15.6. The van der Waals surface area contributed by atoms with Gasteiger partial charge in [0.1, 0.15) is 11.6 Å². The van der Waals surface area contributed by atoms with Crippen LogP contribution in [0.3, 0.4) is 0 Å². The van der Waals surface area contributed by atoms with Gasteiger partial charge >= 0.3 is 0 Å². The van der Waals surface area contributed by atoms with Gasteiger partial charge in [-0.05, 0) is 30.2 Å². The number of benzene rings is 1. The second kappa shape index (κ2) is 7.78. The van der Waals surface area contributed by atoms with E-state index in [1.54, 1.807) is 12.1 Å². The van der Waals surface area contributed by atoms with Crippen LogP contribution in [0.15, 0.2) is 36.5 Å². The molecule has 3 rings (SSSR count). The first-order valence-corrected chi connectivity index (χ1v) is 8.83. The summed E-state index contributed by atoms with van der Waals surface area (Å²) in [6.45, 7) is 5.99. The maximum Gasteiger partial charge on any atom is 0.226 e. The fraction of sp³-hybridized carbons (Fsp3) is 0.474. The van der Waals surface area contributed by atoms with E-state index in [4.69, 9.17) is 0 Å². The summed E-state index contributed by atoms with van der Waals surface area (Å²) in [6.07, 6.45) is 2.83. The van der Waals surface area contributed by atoms with Gasteiger partial charge in [0.15, 0.2) is 0 Å². The minimum absolute atomic E-state index is 0.177. The molecular weight excluding hydrogens is 317 g/mol. The minimum atomic E-state index is -0.177. The van der Waals surface area contributed by atoms with Crippen molar-refractivity contribution >= 4 is 11.8 Å². The van der Waals surface area contributed by atoms with Crippen LogP contribution in [0.1, 0.15) is 24.9 Å². The van der Waals surface area contributed by atoms with E-state index in [9.17, 15) is 4.39 Å². The van der Waals surface area contributed by atoms with E-state index >= 15 is 0 Å². The third-order valence-electron chi connectivity index (χ3n) is 4.75. The molecule has 1 unspecified atom stereocenters. The average Bonchev–Trinajstić information content (AvgIpc) is 2.64. The summed E-state index contributed by atoms with van der Waals surface area (Å²) >= 11 is 0. The standard InChI is InChI=1S/C19H26FN5/c1-4-17(15-5-7-16(20)8-6-15)24-11-13-25(14-12-24)18-9-10-21-19(22-18)23(2)3/h5-10,17H,4,11-14H2,1-3H3. The third-order valence-corrected chi connectivity index (χ3v) is 4.75. The minimum Gasteiger partial charge on any atom is -0.354 e. The number of hydrogen-bond donors (Lipinski definition) is 0. The van der Waals surface area contributed by atoms with Gasteiger partial charge in [-0.15, -0.1) is 0 Å². The zero-order valence-electron chi connectivity index (χ0n) is 15.2. The van der Waals surface area contributed by atoms with Crippen LogP contribution < -0.4 is 9.80 Å². The van der Waals surface area contributed by atoms with E-state index < -0.39 is 0 Å². The topological polar surface area (TPSA) is 35.5 Å². The molecule has 5 nitrogen and oxygen atoms in total. The fourth-order valence-corrected chi connectivity index (χ4v) is 3.38. The zero-order chi connectivity index (χ0) is 17.8. The van der Waals surface area contributed by atoms with E-state index in [0.29, 0.717) is 6.04 Å². The summed E-state index contributed by atoms with van der Waals surface area (Å²) in [6, 6.07) is 9.23. The number of anilines is 2. The Balaban J connectivity index is 1.66. The summed E-state index contributed by atoms with van der Waals surface area (Å²) in [5.41, 5.74) is 1.19. The summed E-state index contributed by atoms with van der Waals surface area (Å²) < 4.78 is 13.2. The normalized spacial score (nSPS) is 16.7. The fourth-order valence-electron chi connectivity index (χ4n) is 3.38. The van der Waals surface area contributed by atoms with E-state index in [1.807, 2.05) is 43.4 Å². The van der Waals surface area contributed by atoms with Crippen LogP contribution in [0, 0.1) is 5.82 Å². The highest BCUT2D eigenvalue weighted by atomic mass is 19.1. The maximum atomic E-state index is 13.2. The van der Waals surface area contributed by atoms with Crippen molar-refractivity contribution in [1.82, 2.24) is 14.9 Å². The molecule has 0 spiro atoms. The Kier molecular flexibility index (Phi) is 5.48. The summed E-state index contributed by atoms with van der Waals surface area (Å²) in [7, 11) is 3.90. The molecule has 1 aliphatic rings. The lowest BCUT2D eigenvalue weighted by Gasteiger charge is -2.39. The quantitative estimate of drug-likeness (QED) is 0.834. The van der Waals surface area contributed by atoms with Crippen molar-refractivity contribution < 1.29 is 4.39 Å². The van der Waals surface area contributed by atoms with Gasteiger partial charge in [-0.3, -0.25) is 4.90 Å². The average molecular weight is 343 g/mol. The molecule has 0 amide bonds. The second-order valence-electron chi connectivity index (χ2n) is 6.61. The molecule has 1 aliphatic heterocycles. The summed E-state index contributed by atoms with van der Waals surface area (Å²) in [5, 5.41) is 0. The molecular formula is C19H26FN5. The molecule has 0 radical (unpaired) electrons. The van der Waals surface area contributed by atoms with Gasteiger partial charge in [-0.2, -0.15) is 4.98 Å². The predicted octanol–water partition coefficient (Wildman–Crippen LogP) is 2.96. The maximum absolute atomic E-state index is 13.2. The Morgan fingerprint density at radius 2 is 1.76 bits per heavy atom. The van der Waals surface area contributed by atoms with E-state index in [2.05, 4.69) is 26.7 Å². The molecule has 0 N–H and O–H groups in total. The van der Waals surface area contributed by atoms with Crippen molar-refractivity contribution in [3.63, 3.8) is 0 Å². The number of halogens is 1. The molecule has 0 bridgehead atoms. The molecule has 2 heterocycles. The van der Waals surface area contributed by atoms with Crippen molar-refractivity contribution in [2.75, 3.05) is 50.1 Å². The Morgan fingerprint density at radius 1 is 1.08 bits per heavy atom. The highest BCUT2D eigenvalue weighted by Gasteiger charge is 2.24. The summed E-state index contributed by atoms with van der Waals surface area (Å²) in [5.74, 6) is 1.54. The molecule has 25 heavy (non-hydrogen) atoms. The molecule has 0 aliphatic carbocycles. The molecule has 1 saturated heterocycles. The number of nitrogens with zero attached hydrogens (tertiary/aromatic N) is 5. The smallest absolute Gasteiger partial charge is 0.226 e. The van der Waals surface area contributed by atoms with Crippen LogP contribution in [-0.2, 0) is 0 Å². The predicted molar refractivity (Wildman–Crippen MR) is 99.6 cm³/mol. The van der Waals surface area contributed by atoms with Gasteiger partial charge in [0.25, 0.3) is 0 Å². The number of aromatic nitrogens is 2. The number of piperazine rings is 1. The molecule has 0 saturated carbocycles. The Morgan fingerprint density at radius 3 is 2.36 bits per heavy atom. The van der Waals surface area contributed by atoms with Gasteiger partial charge in [0.2, 0.25) is 5.95 Å². The number of hydrogen-bond acceptors (Lipinski definition) is 5. The largest absolute Gasteiger partial charge is 0.354 e. The van der Waals surface area contributed by atoms with Crippen LogP contribution in [0.5, 0.6) is 0 Å². The van der Waals surface area contributed by atoms with Gasteiger partial charge in [-0.25, -0.2) is 9.37 Å². The number of rotatable bonds is 5. The first kappa shape index (κ1) is 17.6. The van der Waals surface area contributed by atoms with E-state index in [0.717, 1.165) is 44.4 Å². The van der Waals surface area contributed by atoms with Crippen molar-refractivity contribution in [2.24, 2.45) is 0 Å². The zero-order valence-corrected chi connectivity index (χ0v) is 15.2. The first-order chi connectivity index (χ1) is 12.1. The molecule has 2 aromatic rings. The van der Waals surface area contributed by atoms with Crippen molar-refractivity contribution in [3.05, 3.63) is 47.9 Å². The Labute approximate surface area is 149 Å². The lowest BCUT2D eigenvalue weighted by atomic mass is 10.0. The van der Waals surface area contributed by atoms with Crippen molar-refractivity contribution in [1.29, 1.82) is 0 Å². The molecule has 1 atom stereocenters. The molecule has 1 fully saturated rings. The van der Waals surface area contributed by atoms with E-state index in [1.165, 1.54) is 5.56 Å². The monoisotopic (exact) mass is 343 g/mol. The SMILES string of the molecule is CCC(c1ccc(F)cc1)N1CCN(c2ccnc(N(C)C)n2)CC1. The van der Waals surface area contributed by atoms with Crippen LogP contribution in [-0.4, -0.2) is 55.1 Å². The van der Waals surface area contributed by atoms with Crippen LogP contribution >= 0.6 is 0 Å². The van der Waals surface area contributed by atoms with Gasteiger partial charge in [-0.1, -0.05) is 19.1 Å². The first-order valence-electron chi connectivity index (χ1n) is 8.83. The van der Waals surface area contributed by atoms with E-state index in [-0.39, 0.29) is 5.82 Å². The molecule has 1 aromatic heterocycles. The van der Waals surface area contributed by atoms with Crippen molar-refractivity contribution in [2.45, 2.75) is 19.4 Å². The van der Waals surface area contributed by atoms with Gasteiger partial charge in [0.05, 0.1) is 0 Å². The molecule has 6 heteroatoms.